The van der Waals surface area contributed by atoms with Gasteiger partial charge in [0, 0.05) is 13.3 Å². The molecule has 3 nitrogen and oxygen atoms in total. The van der Waals surface area contributed by atoms with E-state index in [2.05, 4.69) is 23.8 Å². The van der Waals surface area contributed by atoms with Gasteiger partial charge in [-0.1, -0.05) is 13.8 Å². The van der Waals surface area contributed by atoms with Crippen molar-refractivity contribution in [3.63, 3.8) is 0 Å². The molecule has 0 aliphatic carbocycles. The molecule has 0 aliphatic rings. The van der Waals surface area contributed by atoms with Gasteiger partial charge in [0.2, 0.25) is 0 Å². The minimum Gasteiger partial charge on any atom is -0.373 e. The van der Waals surface area contributed by atoms with E-state index in [4.69, 9.17) is 16.3 Å². The van der Waals surface area contributed by atoms with Crippen LogP contribution in [-0.2, 0) is 10.6 Å². The van der Waals surface area contributed by atoms with Gasteiger partial charge < -0.3 is 4.74 Å². The van der Waals surface area contributed by atoms with Crippen molar-refractivity contribution in [1.29, 1.82) is 0 Å². The van der Waals surface area contributed by atoms with E-state index in [9.17, 15) is 0 Å². The van der Waals surface area contributed by atoms with Crippen LogP contribution in [0.15, 0.2) is 12.3 Å². The Morgan fingerprint density at radius 1 is 1.50 bits per heavy atom. The maximum absolute atomic E-state index is 5.70. The summed E-state index contributed by atoms with van der Waals surface area (Å²) >= 11 is 5.70. The summed E-state index contributed by atoms with van der Waals surface area (Å²) in [6, 6.07) is 1.81. The summed E-state index contributed by atoms with van der Waals surface area (Å²) in [7, 11) is 1.67. The molecule has 0 aliphatic heterocycles. The molecule has 0 saturated carbocycles. The first-order valence-corrected chi connectivity index (χ1v) is 5.13. The molecule has 1 atom stereocenters. The number of ether oxygens (including phenoxy) is 1. The van der Waals surface area contributed by atoms with Crippen LogP contribution in [0.3, 0.4) is 0 Å². The largest absolute Gasteiger partial charge is 0.373 e. The van der Waals surface area contributed by atoms with Crippen molar-refractivity contribution in [2.75, 3.05) is 7.11 Å². The van der Waals surface area contributed by atoms with Gasteiger partial charge in [0.05, 0.1) is 11.6 Å². The second-order valence-corrected chi connectivity index (χ2v) is 3.71. The molecule has 0 amide bonds. The lowest BCUT2D eigenvalue weighted by Crippen LogP contribution is -2.13. The van der Waals surface area contributed by atoms with Crippen LogP contribution in [0.2, 0.25) is 0 Å². The lowest BCUT2D eigenvalue weighted by atomic mass is 10.1. The Morgan fingerprint density at radius 3 is 2.71 bits per heavy atom. The maximum Gasteiger partial charge on any atom is 0.157 e. The fourth-order valence-electron chi connectivity index (χ4n) is 1.30. The van der Waals surface area contributed by atoms with Crippen molar-refractivity contribution in [3.05, 3.63) is 23.8 Å². The Bertz CT molecular complexity index is 291. The van der Waals surface area contributed by atoms with Gasteiger partial charge in [-0.25, -0.2) is 9.97 Å². The van der Waals surface area contributed by atoms with Crippen LogP contribution in [0.1, 0.15) is 31.5 Å². The summed E-state index contributed by atoms with van der Waals surface area (Å²) in [5.74, 6) is 1.47. The standard InChI is InChI=1S/C10H15ClN2O/c1-7(2)9(14-3)10-12-5-4-8(6-11)13-10/h4-5,7,9H,6H2,1-3H3. The SMILES string of the molecule is COC(c1nccc(CCl)n1)C(C)C. The summed E-state index contributed by atoms with van der Waals surface area (Å²) in [4.78, 5) is 8.50. The zero-order valence-electron chi connectivity index (χ0n) is 8.70. The van der Waals surface area contributed by atoms with Crippen molar-refractivity contribution in [3.8, 4) is 0 Å². The Kier molecular flexibility index (Phi) is 4.29. The van der Waals surface area contributed by atoms with Crippen LogP contribution >= 0.6 is 11.6 Å². The Morgan fingerprint density at radius 2 is 2.21 bits per heavy atom. The van der Waals surface area contributed by atoms with Gasteiger partial charge in [0.15, 0.2) is 5.82 Å². The summed E-state index contributed by atoms with van der Waals surface area (Å²) in [6.45, 7) is 4.15. The maximum atomic E-state index is 5.70. The quantitative estimate of drug-likeness (QED) is 0.723. The van der Waals surface area contributed by atoms with E-state index in [1.165, 1.54) is 0 Å². The van der Waals surface area contributed by atoms with Crippen LogP contribution in [-0.4, -0.2) is 17.1 Å². The number of methoxy groups -OCH3 is 1. The monoisotopic (exact) mass is 214 g/mol. The first-order valence-electron chi connectivity index (χ1n) is 4.59. The van der Waals surface area contributed by atoms with E-state index in [1.807, 2.05) is 6.07 Å². The number of halogens is 1. The van der Waals surface area contributed by atoms with Gasteiger partial charge in [-0.3, -0.25) is 0 Å². The molecular formula is C10H15ClN2O. The number of hydrogen-bond acceptors (Lipinski definition) is 3. The smallest absolute Gasteiger partial charge is 0.157 e. The molecule has 1 heterocycles. The van der Waals surface area contributed by atoms with Crippen molar-refractivity contribution < 1.29 is 4.74 Å². The third-order valence-corrected chi connectivity index (χ3v) is 2.26. The highest BCUT2D eigenvalue weighted by Crippen LogP contribution is 2.21. The molecule has 1 rings (SSSR count). The van der Waals surface area contributed by atoms with Gasteiger partial charge in [-0.15, -0.1) is 11.6 Å². The molecule has 0 bridgehead atoms. The Hall–Kier alpha value is -0.670. The van der Waals surface area contributed by atoms with Crippen LogP contribution in [0, 0.1) is 5.92 Å². The van der Waals surface area contributed by atoms with Crippen LogP contribution < -0.4 is 0 Å². The molecule has 0 N–H and O–H groups in total. The van der Waals surface area contributed by atoms with E-state index in [1.54, 1.807) is 13.3 Å². The Balaban J connectivity index is 2.92. The lowest BCUT2D eigenvalue weighted by Gasteiger charge is -2.17. The highest BCUT2D eigenvalue weighted by atomic mass is 35.5. The average Bonchev–Trinajstić information content (AvgIpc) is 2.19. The number of hydrogen-bond donors (Lipinski definition) is 0. The molecule has 0 fully saturated rings. The summed E-state index contributed by atoms with van der Waals surface area (Å²) in [6.07, 6.45) is 1.66. The molecule has 1 aromatic rings. The summed E-state index contributed by atoms with van der Waals surface area (Å²) in [5.41, 5.74) is 0.833. The summed E-state index contributed by atoms with van der Waals surface area (Å²) in [5, 5.41) is 0. The molecule has 1 unspecified atom stereocenters. The molecule has 1 aromatic heterocycles. The first-order chi connectivity index (χ1) is 6.69. The van der Waals surface area contributed by atoms with Gasteiger partial charge in [-0.05, 0) is 12.0 Å². The molecular weight excluding hydrogens is 200 g/mol. The number of nitrogens with zero attached hydrogens (tertiary/aromatic N) is 2. The average molecular weight is 215 g/mol. The molecule has 0 spiro atoms. The van der Waals surface area contributed by atoms with E-state index in [-0.39, 0.29) is 6.10 Å². The van der Waals surface area contributed by atoms with Crippen molar-refractivity contribution >= 4 is 11.6 Å². The normalized spacial score (nSPS) is 13.2. The Labute approximate surface area is 89.5 Å². The fraction of sp³-hybridized carbons (Fsp3) is 0.600. The zero-order chi connectivity index (χ0) is 10.6. The van der Waals surface area contributed by atoms with Crippen LogP contribution in [0.4, 0.5) is 0 Å². The minimum atomic E-state index is -0.0573. The lowest BCUT2D eigenvalue weighted by molar-refractivity contribution is 0.0573. The highest BCUT2D eigenvalue weighted by Gasteiger charge is 2.17. The third-order valence-electron chi connectivity index (χ3n) is 1.98. The molecule has 14 heavy (non-hydrogen) atoms. The fourth-order valence-corrected chi connectivity index (χ4v) is 1.45. The van der Waals surface area contributed by atoms with Gasteiger partial charge in [-0.2, -0.15) is 0 Å². The number of alkyl halides is 1. The number of rotatable bonds is 4. The first kappa shape index (κ1) is 11.4. The van der Waals surface area contributed by atoms with E-state index < -0.39 is 0 Å². The second-order valence-electron chi connectivity index (χ2n) is 3.44. The van der Waals surface area contributed by atoms with E-state index >= 15 is 0 Å². The minimum absolute atomic E-state index is 0.0573. The zero-order valence-corrected chi connectivity index (χ0v) is 9.45. The molecule has 78 valence electrons. The van der Waals surface area contributed by atoms with Crippen LogP contribution in [0.25, 0.3) is 0 Å². The van der Waals surface area contributed by atoms with Gasteiger partial charge >= 0.3 is 0 Å². The second kappa shape index (κ2) is 5.27. The van der Waals surface area contributed by atoms with Crippen molar-refractivity contribution in [2.45, 2.75) is 25.8 Å². The summed E-state index contributed by atoms with van der Waals surface area (Å²) < 4.78 is 5.33. The predicted molar refractivity (Wildman–Crippen MR) is 56.2 cm³/mol. The molecule has 4 heteroatoms. The van der Waals surface area contributed by atoms with E-state index in [0.717, 1.165) is 5.69 Å². The predicted octanol–water partition coefficient (Wildman–Crippen LogP) is 2.56. The van der Waals surface area contributed by atoms with Gasteiger partial charge in [0.25, 0.3) is 0 Å². The molecule has 0 radical (unpaired) electrons. The van der Waals surface area contributed by atoms with Gasteiger partial charge in [0.1, 0.15) is 6.10 Å². The molecule has 0 aromatic carbocycles. The van der Waals surface area contributed by atoms with Crippen molar-refractivity contribution in [2.24, 2.45) is 5.92 Å². The third kappa shape index (κ3) is 2.66. The van der Waals surface area contributed by atoms with Crippen molar-refractivity contribution in [1.82, 2.24) is 9.97 Å². The topological polar surface area (TPSA) is 35.0 Å². The highest BCUT2D eigenvalue weighted by molar-refractivity contribution is 6.16. The van der Waals surface area contributed by atoms with E-state index in [0.29, 0.717) is 17.6 Å². The van der Waals surface area contributed by atoms with Crippen LogP contribution in [0.5, 0.6) is 0 Å². The molecule has 0 saturated heterocycles. The number of aromatic nitrogens is 2.